The van der Waals surface area contributed by atoms with Crippen molar-refractivity contribution in [3.8, 4) is 11.5 Å². The van der Waals surface area contributed by atoms with Crippen LogP contribution in [0.5, 0.6) is 11.5 Å². The Morgan fingerprint density at radius 1 is 0.893 bits per heavy atom. The average Bonchev–Trinajstić information content (AvgIpc) is 2.64. The van der Waals surface area contributed by atoms with Gasteiger partial charge in [-0.15, -0.1) is 0 Å². The van der Waals surface area contributed by atoms with Crippen LogP contribution in [0.1, 0.15) is 41.8 Å². The van der Waals surface area contributed by atoms with Gasteiger partial charge in [-0.3, -0.25) is 20.4 Å². The second-order valence-electron chi connectivity index (χ2n) is 7.17. The van der Waals surface area contributed by atoms with Crippen molar-refractivity contribution in [3.63, 3.8) is 0 Å². The molecule has 0 heterocycles. The Labute approximate surface area is 166 Å². The molecule has 0 saturated carbocycles. The molecule has 2 rings (SSSR count). The van der Waals surface area contributed by atoms with Crippen LogP contribution in [0.4, 0.5) is 0 Å². The van der Waals surface area contributed by atoms with Crippen LogP contribution < -0.4 is 20.3 Å². The number of nitrogens with one attached hydrogen (secondary N) is 2. The van der Waals surface area contributed by atoms with Crippen LogP contribution in [-0.2, 0) is 4.79 Å². The second kappa shape index (κ2) is 10.3. The molecule has 0 bridgehead atoms. The minimum absolute atomic E-state index is 0.189. The molecule has 0 saturated heterocycles. The number of carbonyl (C=O) groups excluding carboxylic acids is 2. The molecule has 6 nitrogen and oxygen atoms in total. The van der Waals surface area contributed by atoms with Crippen LogP contribution in [0.2, 0.25) is 0 Å². The summed E-state index contributed by atoms with van der Waals surface area (Å²) in [6.45, 7) is 8.64. The molecule has 0 radical (unpaired) electrons. The van der Waals surface area contributed by atoms with E-state index < -0.39 is 11.8 Å². The third kappa shape index (κ3) is 7.31. The van der Waals surface area contributed by atoms with E-state index in [9.17, 15) is 9.59 Å². The summed E-state index contributed by atoms with van der Waals surface area (Å²) in [5, 5.41) is 0. The number of benzene rings is 2. The lowest BCUT2D eigenvalue weighted by Gasteiger charge is -2.11. The van der Waals surface area contributed by atoms with Crippen molar-refractivity contribution < 1.29 is 19.1 Å². The van der Waals surface area contributed by atoms with Gasteiger partial charge in [0.1, 0.15) is 11.5 Å². The number of amides is 2. The molecule has 2 aromatic rings. The van der Waals surface area contributed by atoms with E-state index in [2.05, 4.69) is 24.7 Å². The first-order valence-electron chi connectivity index (χ1n) is 9.36. The summed E-state index contributed by atoms with van der Waals surface area (Å²) in [6, 6.07) is 12.5. The van der Waals surface area contributed by atoms with E-state index >= 15 is 0 Å². The molecular formula is C22H28N2O4. The average molecular weight is 384 g/mol. The van der Waals surface area contributed by atoms with E-state index in [1.54, 1.807) is 24.3 Å². The number of ether oxygens (including phenoxy) is 2. The molecule has 2 aromatic carbocycles. The maximum atomic E-state index is 12.1. The Morgan fingerprint density at radius 3 is 2.14 bits per heavy atom. The number of hydrazine groups is 1. The van der Waals surface area contributed by atoms with Gasteiger partial charge in [-0.1, -0.05) is 19.9 Å². The van der Waals surface area contributed by atoms with E-state index in [1.807, 2.05) is 32.0 Å². The molecule has 6 heteroatoms. The van der Waals surface area contributed by atoms with Gasteiger partial charge in [-0.2, -0.15) is 0 Å². The summed E-state index contributed by atoms with van der Waals surface area (Å²) in [5.74, 6) is 1.05. The molecule has 0 atom stereocenters. The Morgan fingerprint density at radius 2 is 1.54 bits per heavy atom. The fraction of sp³-hybridized carbons (Fsp3) is 0.364. The van der Waals surface area contributed by atoms with Crippen molar-refractivity contribution in [3.05, 3.63) is 59.2 Å². The van der Waals surface area contributed by atoms with Gasteiger partial charge in [0.15, 0.2) is 6.61 Å². The van der Waals surface area contributed by atoms with Gasteiger partial charge >= 0.3 is 0 Å². The highest BCUT2D eigenvalue weighted by molar-refractivity contribution is 5.95. The second-order valence-corrected chi connectivity index (χ2v) is 7.17. The zero-order valence-corrected chi connectivity index (χ0v) is 16.9. The van der Waals surface area contributed by atoms with Crippen molar-refractivity contribution in [1.82, 2.24) is 10.9 Å². The topological polar surface area (TPSA) is 76.7 Å². The van der Waals surface area contributed by atoms with E-state index in [-0.39, 0.29) is 6.61 Å². The summed E-state index contributed by atoms with van der Waals surface area (Å²) in [4.78, 5) is 24.0. The fourth-order valence-corrected chi connectivity index (χ4v) is 2.51. The molecule has 0 aromatic heterocycles. The van der Waals surface area contributed by atoms with Gasteiger partial charge in [0, 0.05) is 5.56 Å². The smallest absolute Gasteiger partial charge is 0.276 e. The van der Waals surface area contributed by atoms with Crippen LogP contribution in [0.3, 0.4) is 0 Å². The van der Waals surface area contributed by atoms with Gasteiger partial charge in [0.25, 0.3) is 11.8 Å². The van der Waals surface area contributed by atoms with Gasteiger partial charge in [0.05, 0.1) is 6.61 Å². The number of hydrogen-bond acceptors (Lipinski definition) is 4. The maximum Gasteiger partial charge on any atom is 0.276 e. The first-order chi connectivity index (χ1) is 13.3. The molecule has 0 spiro atoms. The number of hydrogen-bond donors (Lipinski definition) is 2. The Bertz CT molecular complexity index is 780. The zero-order valence-electron chi connectivity index (χ0n) is 16.9. The Kier molecular flexibility index (Phi) is 7.87. The van der Waals surface area contributed by atoms with Crippen LogP contribution in [0.25, 0.3) is 0 Å². The van der Waals surface area contributed by atoms with Crippen LogP contribution in [-0.4, -0.2) is 25.0 Å². The Hall–Kier alpha value is -3.02. The van der Waals surface area contributed by atoms with Crippen molar-refractivity contribution in [2.24, 2.45) is 5.92 Å². The molecule has 2 N–H and O–H groups in total. The van der Waals surface area contributed by atoms with Crippen molar-refractivity contribution >= 4 is 11.8 Å². The highest BCUT2D eigenvalue weighted by atomic mass is 16.5. The van der Waals surface area contributed by atoms with E-state index in [1.165, 1.54) is 0 Å². The predicted octanol–water partition coefficient (Wildman–Crippen LogP) is 3.57. The number of aryl methyl sites for hydroxylation is 2. The summed E-state index contributed by atoms with van der Waals surface area (Å²) < 4.78 is 11.1. The van der Waals surface area contributed by atoms with Crippen molar-refractivity contribution in [2.45, 2.75) is 34.1 Å². The van der Waals surface area contributed by atoms with Crippen molar-refractivity contribution in [2.75, 3.05) is 13.2 Å². The van der Waals surface area contributed by atoms with E-state index in [0.717, 1.165) is 17.5 Å². The lowest BCUT2D eigenvalue weighted by atomic mass is 10.1. The summed E-state index contributed by atoms with van der Waals surface area (Å²) in [7, 11) is 0. The SMILES string of the molecule is Cc1cc(C)cc(OCC(=O)NNC(=O)c2ccc(OCCC(C)C)cc2)c1. The van der Waals surface area contributed by atoms with Crippen molar-refractivity contribution in [1.29, 1.82) is 0 Å². The van der Waals surface area contributed by atoms with Crippen LogP contribution >= 0.6 is 0 Å². The molecular weight excluding hydrogens is 356 g/mol. The highest BCUT2D eigenvalue weighted by Gasteiger charge is 2.09. The molecule has 28 heavy (non-hydrogen) atoms. The molecule has 0 unspecified atom stereocenters. The van der Waals surface area contributed by atoms with Gasteiger partial charge in [-0.05, 0) is 73.7 Å². The molecule has 2 amide bonds. The summed E-state index contributed by atoms with van der Waals surface area (Å²) >= 11 is 0. The third-order valence-electron chi connectivity index (χ3n) is 3.96. The molecule has 0 aliphatic heterocycles. The summed E-state index contributed by atoms with van der Waals surface area (Å²) in [6.07, 6.45) is 0.971. The first-order valence-corrected chi connectivity index (χ1v) is 9.36. The van der Waals surface area contributed by atoms with E-state index in [4.69, 9.17) is 9.47 Å². The largest absolute Gasteiger partial charge is 0.494 e. The third-order valence-corrected chi connectivity index (χ3v) is 3.96. The quantitative estimate of drug-likeness (QED) is 0.682. The minimum atomic E-state index is -0.443. The number of carbonyl (C=O) groups is 2. The van der Waals surface area contributed by atoms with Gasteiger partial charge in [0.2, 0.25) is 0 Å². The van der Waals surface area contributed by atoms with Gasteiger partial charge in [-0.25, -0.2) is 0 Å². The molecule has 150 valence electrons. The lowest BCUT2D eigenvalue weighted by Crippen LogP contribution is -2.43. The first kappa shape index (κ1) is 21.3. The standard InChI is InChI=1S/C22H28N2O4/c1-15(2)9-10-27-19-7-5-18(6-8-19)22(26)24-23-21(25)14-28-20-12-16(3)11-17(4)13-20/h5-8,11-13,15H,9-10,14H2,1-4H3,(H,23,25)(H,24,26). The Balaban J connectivity index is 1.75. The highest BCUT2D eigenvalue weighted by Crippen LogP contribution is 2.16. The van der Waals surface area contributed by atoms with Crippen LogP contribution in [0.15, 0.2) is 42.5 Å². The summed E-state index contributed by atoms with van der Waals surface area (Å²) in [5.41, 5.74) is 7.26. The lowest BCUT2D eigenvalue weighted by molar-refractivity contribution is -0.123. The molecule has 0 fully saturated rings. The molecule has 0 aliphatic carbocycles. The monoisotopic (exact) mass is 384 g/mol. The predicted molar refractivity (Wildman–Crippen MR) is 108 cm³/mol. The fourth-order valence-electron chi connectivity index (χ4n) is 2.51. The number of rotatable bonds is 8. The van der Waals surface area contributed by atoms with Crippen LogP contribution in [0, 0.1) is 19.8 Å². The normalized spacial score (nSPS) is 10.5. The minimum Gasteiger partial charge on any atom is -0.494 e. The zero-order chi connectivity index (χ0) is 20.5. The van der Waals surface area contributed by atoms with E-state index in [0.29, 0.717) is 29.6 Å². The molecule has 0 aliphatic rings. The maximum absolute atomic E-state index is 12.1. The van der Waals surface area contributed by atoms with Gasteiger partial charge < -0.3 is 9.47 Å².